The number of hydrogen-bond acceptors (Lipinski definition) is 8. The van der Waals surface area contributed by atoms with Gasteiger partial charge in [-0.15, -0.1) is 11.3 Å². The zero-order chi connectivity index (χ0) is 25.9. The molecule has 0 fully saturated rings. The van der Waals surface area contributed by atoms with Crippen LogP contribution in [0.3, 0.4) is 0 Å². The smallest absolute Gasteiger partial charge is 0.275 e. The average Bonchev–Trinajstić information content (AvgIpc) is 3.32. The van der Waals surface area contributed by atoms with Gasteiger partial charge in [-0.25, -0.2) is 17.8 Å². The molecule has 0 atom stereocenters. The van der Waals surface area contributed by atoms with E-state index < -0.39 is 21.6 Å². The van der Waals surface area contributed by atoms with Crippen LogP contribution in [0.2, 0.25) is 0 Å². The number of thiazole rings is 1. The van der Waals surface area contributed by atoms with E-state index in [9.17, 15) is 22.4 Å². The summed E-state index contributed by atoms with van der Waals surface area (Å²) in [5, 5.41) is 5.17. The predicted molar refractivity (Wildman–Crippen MR) is 133 cm³/mol. The van der Waals surface area contributed by atoms with Gasteiger partial charge in [-0.1, -0.05) is 12.1 Å². The van der Waals surface area contributed by atoms with Gasteiger partial charge < -0.3 is 15.4 Å². The van der Waals surface area contributed by atoms with Crippen LogP contribution < -0.4 is 15.4 Å². The fourth-order valence-corrected chi connectivity index (χ4v) is 4.98. The Bertz CT molecular complexity index is 1540. The molecule has 12 heteroatoms. The van der Waals surface area contributed by atoms with Crippen LogP contribution in [0, 0.1) is 5.82 Å². The molecule has 0 aliphatic heterocycles. The van der Waals surface area contributed by atoms with Crippen LogP contribution in [0.25, 0.3) is 10.4 Å². The minimum atomic E-state index is -3.67. The highest BCUT2D eigenvalue weighted by atomic mass is 32.2. The molecular formula is C24H19FN4O5S2. The standard InChI is InChI=1S/C24H19FN4O5S2/c1-26-22(30)19-13-18(11-12-27-19)34-17-9-7-16(8-10-17)28-23(31)20-21(14-3-5-15(25)6-4-14)35-24(29-20)36(2,32)33/h3-13H,1-2H3,(H,26,30)(H,28,31). The third-order valence-electron chi connectivity index (χ3n) is 4.79. The van der Waals surface area contributed by atoms with Crippen LogP contribution in [0.5, 0.6) is 11.5 Å². The number of anilines is 1. The molecule has 4 rings (SSSR count). The second-order valence-corrected chi connectivity index (χ2v) is 10.7. The van der Waals surface area contributed by atoms with Crippen LogP contribution in [-0.4, -0.2) is 43.5 Å². The molecule has 0 unspecified atom stereocenters. The number of nitrogens with zero attached hydrogens (tertiary/aromatic N) is 2. The van der Waals surface area contributed by atoms with E-state index in [4.69, 9.17) is 4.74 Å². The quantitative estimate of drug-likeness (QED) is 0.370. The molecule has 0 saturated carbocycles. The SMILES string of the molecule is CNC(=O)c1cc(Oc2ccc(NC(=O)c3nc(S(C)(=O)=O)sc3-c3ccc(F)cc3)cc2)ccn1. The monoisotopic (exact) mass is 526 g/mol. The van der Waals surface area contributed by atoms with Gasteiger partial charge in [0.2, 0.25) is 14.2 Å². The van der Waals surface area contributed by atoms with E-state index in [-0.39, 0.29) is 21.6 Å². The van der Waals surface area contributed by atoms with Gasteiger partial charge in [0.05, 0.1) is 4.88 Å². The highest BCUT2D eigenvalue weighted by molar-refractivity contribution is 7.92. The lowest BCUT2D eigenvalue weighted by Crippen LogP contribution is -2.18. The minimum absolute atomic E-state index is 0.0918. The molecule has 2 aromatic heterocycles. The van der Waals surface area contributed by atoms with Crippen molar-refractivity contribution in [1.82, 2.24) is 15.3 Å². The molecule has 2 N–H and O–H groups in total. The molecule has 184 valence electrons. The molecule has 0 saturated heterocycles. The van der Waals surface area contributed by atoms with Gasteiger partial charge in [0.25, 0.3) is 11.8 Å². The molecule has 9 nitrogen and oxygen atoms in total. The van der Waals surface area contributed by atoms with Crippen LogP contribution in [0.4, 0.5) is 10.1 Å². The summed E-state index contributed by atoms with van der Waals surface area (Å²) in [7, 11) is -2.16. The topological polar surface area (TPSA) is 127 Å². The summed E-state index contributed by atoms with van der Waals surface area (Å²) in [5.74, 6) is -0.586. The van der Waals surface area contributed by atoms with E-state index in [2.05, 4.69) is 20.6 Å². The molecule has 0 aliphatic rings. The largest absolute Gasteiger partial charge is 0.457 e. The first-order valence-electron chi connectivity index (χ1n) is 10.4. The Morgan fingerprint density at radius 2 is 1.67 bits per heavy atom. The van der Waals surface area contributed by atoms with Crippen molar-refractivity contribution in [3.05, 3.63) is 84.1 Å². The number of carbonyl (C=O) groups excluding carboxylic acids is 2. The number of nitrogens with one attached hydrogen (secondary N) is 2. The Morgan fingerprint density at radius 3 is 2.31 bits per heavy atom. The maximum Gasteiger partial charge on any atom is 0.275 e. The van der Waals surface area contributed by atoms with Crippen molar-refractivity contribution in [1.29, 1.82) is 0 Å². The lowest BCUT2D eigenvalue weighted by Gasteiger charge is -2.09. The maximum absolute atomic E-state index is 13.4. The summed E-state index contributed by atoms with van der Waals surface area (Å²) in [6.45, 7) is 0. The van der Waals surface area contributed by atoms with Crippen molar-refractivity contribution in [2.75, 3.05) is 18.6 Å². The van der Waals surface area contributed by atoms with Crippen LogP contribution in [0.1, 0.15) is 21.0 Å². The van der Waals surface area contributed by atoms with E-state index in [1.165, 1.54) is 43.6 Å². The van der Waals surface area contributed by atoms with Gasteiger partial charge in [0.1, 0.15) is 28.7 Å². The molecule has 0 aliphatic carbocycles. The lowest BCUT2D eigenvalue weighted by atomic mass is 10.1. The fourth-order valence-electron chi connectivity index (χ4n) is 3.07. The number of rotatable bonds is 7. The van der Waals surface area contributed by atoms with Crippen molar-refractivity contribution >= 4 is 38.7 Å². The number of benzene rings is 2. The van der Waals surface area contributed by atoms with Crippen molar-refractivity contribution in [3.8, 4) is 21.9 Å². The van der Waals surface area contributed by atoms with E-state index in [1.54, 1.807) is 30.3 Å². The molecule has 0 radical (unpaired) electrons. The normalized spacial score (nSPS) is 11.1. The van der Waals surface area contributed by atoms with Gasteiger partial charge in [0, 0.05) is 31.3 Å². The fraction of sp³-hybridized carbons (Fsp3) is 0.0833. The number of carbonyl (C=O) groups is 2. The molecular weight excluding hydrogens is 507 g/mol. The zero-order valence-corrected chi connectivity index (χ0v) is 20.6. The summed E-state index contributed by atoms with van der Waals surface area (Å²) in [6.07, 6.45) is 2.45. The molecule has 2 heterocycles. The van der Waals surface area contributed by atoms with Gasteiger partial charge >= 0.3 is 0 Å². The highest BCUT2D eigenvalue weighted by Gasteiger charge is 2.24. The summed E-state index contributed by atoms with van der Waals surface area (Å²) in [6, 6.07) is 14.8. The number of halogens is 1. The third kappa shape index (κ3) is 5.73. The Balaban J connectivity index is 1.54. The van der Waals surface area contributed by atoms with Crippen LogP contribution in [-0.2, 0) is 9.84 Å². The van der Waals surface area contributed by atoms with E-state index >= 15 is 0 Å². The number of amides is 2. The summed E-state index contributed by atoms with van der Waals surface area (Å²) in [5.41, 5.74) is 0.983. The van der Waals surface area contributed by atoms with E-state index in [1.807, 2.05) is 0 Å². The first-order chi connectivity index (χ1) is 17.1. The molecule has 2 aromatic carbocycles. The Labute approximate surface area is 209 Å². The summed E-state index contributed by atoms with van der Waals surface area (Å²) >= 11 is 0.837. The van der Waals surface area contributed by atoms with Gasteiger partial charge in [-0.3, -0.25) is 14.6 Å². The Morgan fingerprint density at radius 1 is 0.972 bits per heavy atom. The van der Waals surface area contributed by atoms with E-state index in [0.29, 0.717) is 27.6 Å². The Kier molecular flexibility index (Phi) is 7.08. The predicted octanol–water partition coefficient (Wildman–Crippen LogP) is 4.15. The van der Waals surface area contributed by atoms with Gasteiger partial charge in [-0.05, 0) is 48.0 Å². The minimum Gasteiger partial charge on any atom is -0.457 e. The summed E-state index contributed by atoms with van der Waals surface area (Å²) in [4.78, 5) is 33.1. The van der Waals surface area contributed by atoms with Crippen LogP contribution >= 0.6 is 11.3 Å². The number of hydrogen-bond donors (Lipinski definition) is 2. The molecule has 36 heavy (non-hydrogen) atoms. The molecule has 2 amide bonds. The van der Waals surface area contributed by atoms with Crippen molar-refractivity contribution in [3.63, 3.8) is 0 Å². The molecule has 4 aromatic rings. The first kappa shape index (κ1) is 24.9. The number of aromatic nitrogens is 2. The van der Waals surface area contributed by atoms with Crippen LogP contribution in [0.15, 0.2) is 71.2 Å². The van der Waals surface area contributed by atoms with Crippen molar-refractivity contribution in [2.45, 2.75) is 4.34 Å². The van der Waals surface area contributed by atoms with Crippen molar-refractivity contribution in [2.24, 2.45) is 0 Å². The number of sulfone groups is 1. The first-order valence-corrected chi connectivity index (χ1v) is 13.1. The molecule has 0 bridgehead atoms. The number of pyridine rings is 1. The Hall–Kier alpha value is -4.16. The van der Waals surface area contributed by atoms with Crippen molar-refractivity contribution < 1.29 is 27.1 Å². The summed E-state index contributed by atoms with van der Waals surface area (Å²) < 4.78 is 43.0. The second kappa shape index (κ2) is 10.2. The van der Waals surface area contributed by atoms with E-state index in [0.717, 1.165) is 17.6 Å². The average molecular weight is 527 g/mol. The third-order valence-corrected chi connectivity index (χ3v) is 7.57. The number of ether oxygens (including phenoxy) is 1. The van der Waals surface area contributed by atoms with Gasteiger partial charge in [0.15, 0.2) is 0 Å². The lowest BCUT2D eigenvalue weighted by molar-refractivity contribution is 0.0957. The molecule has 0 spiro atoms. The second-order valence-electron chi connectivity index (χ2n) is 7.47. The highest BCUT2D eigenvalue weighted by Crippen LogP contribution is 2.33. The maximum atomic E-state index is 13.4. The van der Waals surface area contributed by atoms with Gasteiger partial charge in [-0.2, -0.15) is 0 Å². The zero-order valence-electron chi connectivity index (χ0n) is 19.0.